The number of esters is 1. The van der Waals surface area contributed by atoms with Crippen molar-refractivity contribution in [2.45, 2.75) is 19.4 Å². The number of halogens is 1. The summed E-state index contributed by atoms with van der Waals surface area (Å²) in [6.07, 6.45) is 0.391. The van der Waals surface area contributed by atoms with Crippen molar-refractivity contribution in [1.82, 2.24) is 4.90 Å². The number of hydrogen-bond acceptors (Lipinski definition) is 3. The number of ether oxygens (including phenoxy) is 1. The van der Waals surface area contributed by atoms with Gasteiger partial charge in [-0.05, 0) is 25.6 Å². The Labute approximate surface area is 107 Å². The molecule has 0 spiro atoms. The Morgan fingerprint density at radius 1 is 1.47 bits per heavy atom. The molecule has 1 rings (SSSR count). The third-order valence-corrected chi connectivity index (χ3v) is 3.26. The smallest absolute Gasteiger partial charge is 0.306 e. The van der Waals surface area contributed by atoms with Gasteiger partial charge < -0.3 is 4.74 Å². The first-order valence-electron chi connectivity index (χ1n) is 5.57. The van der Waals surface area contributed by atoms with Crippen LogP contribution in [0.4, 0.5) is 0 Å². The molecular formula is C13H18ClNO2. The molecule has 0 heterocycles. The number of methoxy groups -OCH3 is 1. The molecule has 0 bridgehead atoms. The third-order valence-electron chi connectivity index (χ3n) is 2.91. The lowest BCUT2D eigenvalue weighted by Crippen LogP contribution is -2.25. The van der Waals surface area contributed by atoms with Gasteiger partial charge in [-0.25, -0.2) is 0 Å². The van der Waals surface area contributed by atoms with Gasteiger partial charge in [0, 0.05) is 17.6 Å². The molecule has 1 atom stereocenters. The van der Waals surface area contributed by atoms with Crippen LogP contribution in [0, 0.1) is 0 Å². The van der Waals surface area contributed by atoms with Gasteiger partial charge in [-0.15, -0.1) is 0 Å². The normalized spacial score (nSPS) is 12.5. The van der Waals surface area contributed by atoms with Gasteiger partial charge >= 0.3 is 5.97 Å². The minimum atomic E-state index is -0.191. The van der Waals surface area contributed by atoms with Crippen LogP contribution in [0.3, 0.4) is 0 Å². The van der Waals surface area contributed by atoms with Gasteiger partial charge in [0.05, 0.1) is 13.5 Å². The summed E-state index contributed by atoms with van der Waals surface area (Å²) < 4.78 is 4.62. The van der Waals surface area contributed by atoms with Crippen molar-refractivity contribution in [2.24, 2.45) is 0 Å². The standard InChI is InChI=1S/C13H18ClNO2/c1-10(11-6-4-5-7-12(11)14)15(2)9-8-13(16)17-3/h4-7,10H,8-9H2,1-3H3. The number of hydrogen-bond donors (Lipinski definition) is 0. The Bertz CT molecular complexity index is 381. The van der Waals surface area contributed by atoms with Crippen molar-refractivity contribution in [3.63, 3.8) is 0 Å². The Morgan fingerprint density at radius 3 is 2.71 bits per heavy atom. The fourth-order valence-electron chi connectivity index (χ4n) is 1.61. The highest BCUT2D eigenvalue weighted by molar-refractivity contribution is 6.31. The summed E-state index contributed by atoms with van der Waals surface area (Å²) in [6, 6.07) is 7.93. The largest absolute Gasteiger partial charge is 0.469 e. The minimum absolute atomic E-state index is 0.174. The molecule has 0 aliphatic carbocycles. The van der Waals surface area contributed by atoms with E-state index in [0.29, 0.717) is 13.0 Å². The Balaban J connectivity index is 2.61. The average Bonchev–Trinajstić information content (AvgIpc) is 2.35. The van der Waals surface area contributed by atoms with Gasteiger partial charge in [0.1, 0.15) is 0 Å². The van der Waals surface area contributed by atoms with E-state index in [-0.39, 0.29) is 12.0 Å². The molecule has 0 aliphatic rings. The molecule has 0 saturated heterocycles. The maximum Gasteiger partial charge on any atom is 0.306 e. The molecule has 17 heavy (non-hydrogen) atoms. The van der Waals surface area contributed by atoms with Crippen LogP contribution < -0.4 is 0 Å². The number of carbonyl (C=O) groups is 1. The predicted octanol–water partition coefficient (Wildman–Crippen LogP) is 2.90. The molecular weight excluding hydrogens is 238 g/mol. The molecule has 0 saturated carbocycles. The van der Waals surface area contributed by atoms with Gasteiger partial charge in [-0.1, -0.05) is 29.8 Å². The van der Waals surface area contributed by atoms with Crippen LogP contribution in [0.25, 0.3) is 0 Å². The van der Waals surface area contributed by atoms with E-state index in [2.05, 4.69) is 16.6 Å². The van der Waals surface area contributed by atoms with E-state index in [1.807, 2.05) is 31.3 Å². The van der Waals surface area contributed by atoms with Crippen LogP contribution in [-0.4, -0.2) is 31.6 Å². The SMILES string of the molecule is COC(=O)CCN(C)C(C)c1ccccc1Cl. The van der Waals surface area contributed by atoms with E-state index in [0.717, 1.165) is 10.6 Å². The maximum absolute atomic E-state index is 11.1. The highest BCUT2D eigenvalue weighted by Gasteiger charge is 2.15. The van der Waals surface area contributed by atoms with Crippen molar-refractivity contribution < 1.29 is 9.53 Å². The lowest BCUT2D eigenvalue weighted by molar-refractivity contribution is -0.141. The summed E-state index contributed by atoms with van der Waals surface area (Å²) in [7, 11) is 3.37. The zero-order valence-electron chi connectivity index (χ0n) is 10.4. The molecule has 0 N–H and O–H groups in total. The second-order valence-electron chi connectivity index (χ2n) is 4.00. The number of carbonyl (C=O) groups excluding carboxylic acids is 1. The first-order chi connectivity index (χ1) is 8.06. The third kappa shape index (κ3) is 4.02. The van der Waals surface area contributed by atoms with Crippen LogP contribution in [0.1, 0.15) is 24.9 Å². The van der Waals surface area contributed by atoms with Gasteiger partial charge in [0.15, 0.2) is 0 Å². The molecule has 1 aromatic rings. The summed E-state index contributed by atoms with van der Waals surface area (Å²) in [6.45, 7) is 2.72. The Morgan fingerprint density at radius 2 is 2.12 bits per heavy atom. The molecule has 0 radical (unpaired) electrons. The van der Waals surface area contributed by atoms with Gasteiger partial charge in [-0.3, -0.25) is 9.69 Å². The van der Waals surface area contributed by atoms with Crippen LogP contribution in [0.2, 0.25) is 5.02 Å². The van der Waals surface area contributed by atoms with E-state index in [1.54, 1.807) is 0 Å². The molecule has 3 nitrogen and oxygen atoms in total. The summed E-state index contributed by atoms with van der Waals surface area (Å²) in [5, 5.41) is 0.755. The quantitative estimate of drug-likeness (QED) is 0.758. The predicted molar refractivity (Wildman–Crippen MR) is 69.1 cm³/mol. The first-order valence-corrected chi connectivity index (χ1v) is 5.95. The lowest BCUT2D eigenvalue weighted by Gasteiger charge is -2.25. The van der Waals surface area contributed by atoms with Crippen molar-refractivity contribution >= 4 is 17.6 Å². The topological polar surface area (TPSA) is 29.5 Å². The van der Waals surface area contributed by atoms with Crippen LogP contribution in [-0.2, 0) is 9.53 Å². The minimum Gasteiger partial charge on any atom is -0.469 e. The number of benzene rings is 1. The van der Waals surface area contributed by atoms with E-state index in [4.69, 9.17) is 11.6 Å². The summed E-state index contributed by atoms with van der Waals surface area (Å²) >= 11 is 6.13. The summed E-state index contributed by atoms with van der Waals surface area (Å²) in [4.78, 5) is 13.1. The second-order valence-corrected chi connectivity index (χ2v) is 4.41. The molecule has 0 aliphatic heterocycles. The van der Waals surface area contributed by atoms with Gasteiger partial charge in [0.25, 0.3) is 0 Å². The zero-order valence-corrected chi connectivity index (χ0v) is 11.2. The molecule has 1 unspecified atom stereocenters. The first kappa shape index (κ1) is 14.0. The van der Waals surface area contributed by atoms with E-state index >= 15 is 0 Å². The van der Waals surface area contributed by atoms with Crippen LogP contribution >= 0.6 is 11.6 Å². The number of nitrogens with zero attached hydrogens (tertiary/aromatic N) is 1. The van der Waals surface area contributed by atoms with Gasteiger partial charge in [0.2, 0.25) is 0 Å². The molecule has 0 fully saturated rings. The van der Waals surface area contributed by atoms with Crippen molar-refractivity contribution in [3.8, 4) is 0 Å². The van der Waals surface area contributed by atoms with Crippen molar-refractivity contribution in [1.29, 1.82) is 0 Å². The summed E-state index contributed by atoms with van der Waals surface area (Å²) in [5.41, 5.74) is 1.07. The lowest BCUT2D eigenvalue weighted by atomic mass is 10.1. The van der Waals surface area contributed by atoms with Crippen molar-refractivity contribution in [3.05, 3.63) is 34.9 Å². The molecule has 0 aromatic heterocycles. The monoisotopic (exact) mass is 255 g/mol. The van der Waals surface area contributed by atoms with E-state index < -0.39 is 0 Å². The van der Waals surface area contributed by atoms with Crippen LogP contribution in [0.15, 0.2) is 24.3 Å². The molecule has 1 aromatic carbocycles. The van der Waals surface area contributed by atoms with Crippen molar-refractivity contribution in [2.75, 3.05) is 20.7 Å². The molecule has 4 heteroatoms. The highest BCUT2D eigenvalue weighted by Crippen LogP contribution is 2.26. The fourth-order valence-corrected chi connectivity index (χ4v) is 1.91. The fraction of sp³-hybridized carbons (Fsp3) is 0.462. The number of rotatable bonds is 5. The Kier molecular flexibility index (Phi) is 5.45. The highest BCUT2D eigenvalue weighted by atomic mass is 35.5. The summed E-state index contributed by atoms with van der Waals surface area (Å²) in [5.74, 6) is -0.191. The van der Waals surface area contributed by atoms with Gasteiger partial charge in [-0.2, -0.15) is 0 Å². The van der Waals surface area contributed by atoms with E-state index in [9.17, 15) is 4.79 Å². The van der Waals surface area contributed by atoms with Crippen LogP contribution in [0.5, 0.6) is 0 Å². The average molecular weight is 256 g/mol. The maximum atomic E-state index is 11.1. The second kappa shape index (κ2) is 6.62. The zero-order chi connectivity index (χ0) is 12.8. The molecule has 0 amide bonds. The Hall–Kier alpha value is -1.06. The molecule has 94 valence electrons. The van der Waals surface area contributed by atoms with E-state index in [1.165, 1.54) is 7.11 Å².